The molecule has 0 rings (SSSR count). The van der Waals surface area contributed by atoms with Crippen LogP contribution in [-0.2, 0) is 4.79 Å². The van der Waals surface area contributed by atoms with Gasteiger partial charge in [-0.05, 0) is 12.3 Å². The van der Waals surface area contributed by atoms with Gasteiger partial charge in [-0.1, -0.05) is 65.7 Å². The Morgan fingerprint density at radius 2 is 1.60 bits per heavy atom. The van der Waals surface area contributed by atoms with Gasteiger partial charge in [0.1, 0.15) is 6.29 Å². The molecular formula is C14H28O. The first-order valence-electron chi connectivity index (χ1n) is 6.66. The molecule has 0 aromatic rings. The second-order valence-electron chi connectivity index (χ2n) is 5.00. The van der Waals surface area contributed by atoms with E-state index in [-0.39, 0.29) is 5.92 Å². The molecule has 0 aromatic carbocycles. The van der Waals surface area contributed by atoms with E-state index in [0.717, 1.165) is 18.6 Å². The Morgan fingerprint density at radius 1 is 0.933 bits per heavy atom. The highest BCUT2D eigenvalue weighted by Gasteiger charge is 2.05. The molecule has 0 saturated carbocycles. The number of hydrogen-bond donors (Lipinski definition) is 0. The second-order valence-corrected chi connectivity index (χ2v) is 5.00. The predicted octanol–water partition coefficient (Wildman–Crippen LogP) is 4.60. The van der Waals surface area contributed by atoms with Crippen molar-refractivity contribution < 1.29 is 4.79 Å². The van der Waals surface area contributed by atoms with Crippen molar-refractivity contribution >= 4 is 6.29 Å². The number of aldehydes is 1. The zero-order valence-electron chi connectivity index (χ0n) is 10.8. The molecule has 90 valence electrons. The highest BCUT2D eigenvalue weighted by Crippen LogP contribution is 2.17. The summed E-state index contributed by atoms with van der Waals surface area (Å²) in [5.74, 6) is 1.06. The summed E-state index contributed by atoms with van der Waals surface area (Å²) in [5.41, 5.74) is 0. The summed E-state index contributed by atoms with van der Waals surface area (Å²) >= 11 is 0. The average Bonchev–Trinajstić information content (AvgIpc) is 2.25. The Labute approximate surface area is 95.6 Å². The van der Waals surface area contributed by atoms with Crippen LogP contribution >= 0.6 is 0 Å². The normalized spacial score (nSPS) is 14.9. The Bertz CT molecular complexity index is 142. The van der Waals surface area contributed by atoms with Crippen molar-refractivity contribution in [1.29, 1.82) is 0 Å². The summed E-state index contributed by atoms with van der Waals surface area (Å²) in [5, 5.41) is 0. The van der Waals surface area contributed by atoms with Gasteiger partial charge >= 0.3 is 0 Å². The first-order chi connectivity index (χ1) is 7.20. The first kappa shape index (κ1) is 14.7. The molecule has 0 fully saturated rings. The average molecular weight is 212 g/mol. The minimum Gasteiger partial charge on any atom is -0.303 e. The zero-order chi connectivity index (χ0) is 11.5. The number of unbranched alkanes of at least 4 members (excludes halogenated alkanes) is 4. The van der Waals surface area contributed by atoms with Gasteiger partial charge < -0.3 is 4.79 Å². The van der Waals surface area contributed by atoms with Gasteiger partial charge in [0.15, 0.2) is 0 Å². The molecule has 0 amide bonds. The number of carbonyl (C=O) groups is 1. The lowest BCUT2D eigenvalue weighted by Gasteiger charge is -2.11. The van der Waals surface area contributed by atoms with Crippen LogP contribution in [0.5, 0.6) is 0 Å². The molecule has 0 bridgehead atoms. The van der Waals surface area contributed by atoms with E-state index < -0.39 is 0 Å². The quantitative estimate of drug-likeness (QED) is 0.382. The van der Waals surface area contributed by atoms with Crippen molar-refractivity contribution in [3.63, 3.8) is 0 Å². The zero-order valence-corrected chi connectivity index (χ0v) is 10.8. The molecule has 0 saturated heterocycles. The fraction of sp³-hybridized carbons (Fsp3) is 0.929. The van der Waals surface area contributed by atoms with E-state index in [1.165, 1.54) is 44.9 Å². The molecule has 0 N–H and O–H groups in total. The van der Waals surface area contributed by atoms with Crippen LogP contribution in [0.2, 0.25) is 0 Å². The first-order valence-corrected chi connectivity index (χ1v) is 6.66. The maximum Gasteiger partial charge on any atom is 0.122 e. The van der Waals surface area contributed by atoms with Gasteiger partial charge in [-0.15, -0.1) is 0 Å². The van der Waals surface area contributed by atoms with E-state index in [2.05, 4.69) is 13.8 Å². The Kier molecular flexibility index (Phi) is 9.97. The smallest absolute Gasteiger partial charge is 0.122 e. The van der Waals surface area contributed by atoms with Crippen LogP contribution in [0, 0.1) is 11.8 Å². The molecule has 0 aliphatic heterocycles. The lowest BCUT2D eigenvalue weighted by molar-refractivity contribution is -0.110. The Morgan fingerprint density at radius 3 is 2.20 bits per heavy atom. The van der Waals surface area contributed by atoms with Crippen LogP contribution in [0.15, 0.2) is 0 Å². The van der Waals surface area contributed by atoms with Gasteiger partial charge in [-0.25, -0.2) is 0 Å². The van der Waals surface area contributed by atoms with Gasteiger partial charge in [0.05, 0.1) is 0 Å². The number of rotatable bonds is 10. The van der Waals surface area contributed by atoms with Crippen molar-refractivity contribution in [2.75, 3.05) is 0 Å². The molecule has 0 aromatic heterocycles. The van der Waals surface area contributed by atoms with Crippen LogP contribution < -0.4 is 0 Å². The summed E-state index contributed by atoms with van der Waals surface area (Å²) in [6.07, 6.45) is 11.6. The minimum atomic E-state index is 0.257. The van der Waals surface area contributed by atoms with Gasteiger partial charge in [0.25, 0.3) is 0 Å². The molecule has 0 radical (unpaired) electrons. The summed E-state index contributed by atoms with van der Waals surface area (Å²) in [4.78, 5) is 10.4. The van der Waals surface area contributed by atoms with E-state index in [9.17, 15) is 4.79 Å². The number of hydrogen-bond acceptors (Lipinski definition) is 1. The standard InChI is InChI=1S/C14H28O/c1-4-5-6-7-8-9-13(2)10-11-14(3)12-15/h12-14H,4-11H2,1-3H3. The van der Waals surface area contributed by atoms with E-state index in [4.69, 9.17) is 0 Å². The lowest BCUT2D eigenvalue weighted by atomic mass is 9.94. The van der Waals surface area contributed by atoms with Crippen LogP contribution in [0.3, 0.4) is 0 Å². The molecule has 0 spiro atoms. The SMILES string of the molecule is CCCCCCCC(C)CCC(C)C=O. The third-order valence-corrected chi connectivity index (χ3v) is 3.15. The topological polar surface area (TPSA) is 17.1 Å². The predicted molar refractivity (Wildman–Crippen MR) is 67.0 cm³/mol. The molecule has 2 unspecified atom stereocenters. The lowest BCUT2D eigenvalue weighted by Crippen LogP contribution is -2.01. The highest BCUT2D eigenvalue weighted by atomic mass is 16.1. The maximum absolute atomic E-state index is 10.4. The van der Waals surface area contributed by atoms with E-state index >= 15 is 0 Å². The van der Waals surface area contributed by atoms with Crippen LogP contribution in [0.25, 0.3) is 0 Å². The van der Waals surface area contributed by atoms with Crippen LogP contribution in [0.1, 0.15) is 72.1 Å². The summed E-state index contributed by atoms with van der Waals surface area (Å²) in [6.45, 7) is 6.59. The molecular weight excluding hydrogens is 184 g/mol. The van der Waals surface area contributed by atoms with Gasteiger partial charge in [0.2, 0.25) is 0 Å². The van der Waals surface area contributed by atoms with Gasteiger partial charge in [0, 0.05) is 5.92 Å². The fourth-order valence-corrected chi connectivity index (χ4v) is 1.86. The van der Waals surface area contributed by atoms with Gasteiger partial charge in [-0.2, -0.15) is 0 Å². The monoisotopic (exact) mass is 212 g/mol. The Hall–Kier alpha value is -0.330. The van der Waals surface area contributed by atoms with Crippen LogP contribution in [0.4, 0.5) is 0 Å². The third kappa shape index (κ3) is 9.96. The van der Waals surface area contributed by atoms with E-state index in [0.29, 0.717) is 0 Å². The third-order valence-electron chi connectivity index (χ3n) is 3.15. The van der Waals surface area contributed by atoms with Crippen molar-refractivity contribution in [2.24, 2.45) is 11.8 Å². The van der Waals surface area contributed by atoms with Crippen LogP contribution in [-0.4, -0.2) is 6.29 Å². The minimum absolute atomic E-state index is 0.257. The molecule has 2 atom stereocenters. The summed E-state index contributed by atoms with van der Waals surface area (Å²) in [7, 11) is 0. The van der Waals surface area contributed by atoms with Gasteiger partial charge in [-0.3, -0.25) is 0 Å². The van der Waals surface area contributed by atoms with E-state index in [1.54, 1.807) is 0 Å². The fourth-order valence-electron chi connectivity index (χ4n) is 1.86. The molecule has 15 heavy (non-hydrogen) atoms. The number of carbonyl (C=O) groups excluding carboxylic acids is 1. The molecule has 0 aliphatic carbocycles. The summed E-state index contributed by atoms with van der Waals surface area (Å²) < 4.78 is 0. The molecule has 0 aliphatic rings. The van der Waals surface area contributed by atoms with E-state index in [1.807, 2.05) is 6.92 Å². The van der Waals surface area contributed by atoms with Crippen molar-refractivity contribution in [3.8, 4) is 0 Å². The van der Waals surface area contributed by atoms with Crippen molar-refractivity contribution in [2.45, 2.75) is 72.1 Å². The second kappa shape index (κ2) is 10.2. The largest absolute Gasteiger partial charge is 0.303 e. The van der Waals surface area contributed by atoms with Crippen molar-refractivity contribution in [3.05, 3.63) is 0 Å². The maximum atomic E-state index is 10.4. The molecule has 0 heterocycles. The molecule has 1 nitrogen and oxygen atoms in total. The molecule has 1 heteroatoms. The van der Waals surface area contributed by atoms with Crippen molar-refractivity contribution in [1.82, 2.24) is 0 Å². The summed E-state index contributed by atoms with van der Waals surface area (Å²) in [6, 6.07) is 0. The highest BCUT2D eigenvalue weighted by molar-refractivity contribution is 5.52. The Balaban J connectivity index is 3.25.